The number of hydrogen-bond acceptors (Lipinski definition) is 4. The predicted octanol–water partition coefficient (Wildman–Crippen LogP) is 3.54. The molecule has 1 aromatic carbocycles. The molecule has 0 unspecified atom stereocenters. The van der Waals surface area contributed by atoms with E-state index in [0.29, 0.717) is 19.2 Å². The summed E-state index contributed by atoms with van der Waals surface area (Å²) in [5, 5.41) is 2.96. The number of ether oxygens (including phenoxy) is 1. The number of hydrogen-bond donors (Lipinski definition) is 0. The number of carbonyl (C=O) groups excluding carboxylic acids is 1. The normalized spacial score (nSPS) is 13.9. The lowest BCUT2D eigenvalue weighted by Crippen LogP contribution is -2.30. The fourth-order valence-corrected chi connectivity index (χ4v) is 3.02. The lowest BCUT2D eigenvalue weighted by atomic mass is 10.2. The Hall–Kier alpha value is -1.88. The molecule has 1 heterocycles. The van der Waals surface area contributed by atoms with Gasteiger partial charge < -0.3 is 9.64 Å². The van der Waals surface area contributed by atoms with Crippen molar-refractivity contribution in [3.05, 3.63) is 45.9 Å². The number of thiazole rings is 1. The largest absolute Gasteiger partial charge is 0.486 e. The third-order valence-electron chi connectivity index (χ3n) is 3.71. The highest BCUT2D eigenvalue weighted by Crippen LogP contribution is 2.28. The van der Waals surface area contributed by atoms with E-state index in [1.54, 1.807) is 18.3 Å². The van der Waals surface area contributed by atoms with Gasteiger partial charge in [0.25, 0.3) is 0 Å². The molecule has 0 saturated heterocycles. The van der Waals surface area contributed by atoms with Crippen LogP contribution in [-0.4, -0.2) is 21.8 Å². The maximum Gasteiger partial charge on any atom is 0.220 e. The van der Waals surface area contributed by atoms with Crippen LogP contribution in [0.4, 0.5) is 0 Å². The van der Waals surface area contributed by atoms with Crippen LogP contribution in [0, 0.1) is 6.92 Å². The maximum atomic E-state index is 11.7. The molecule has 1 saturated carbocycles. The highest BCUT2D eigenvalue weighted by molar-refractivity contribution is 7.09. The number of carbonyl (C=O) groups is 1. The molecular weight excluding hydrogens is 296 g/mol. The van der Waals surface area contributed by atoms with Crippen molar-refractivity contribution in [1.29, 1.82) is 0 Å². The zero-order chi connectivity index (χ0) is 15.5. The van der Waals surface area contributed by atoms with Crippen LogP contribution in [0.15, 0.2) is 29.6 Å². The van der Waals surface area contributed by atoms with Crippen molar-refractivity contribution < 1.29 is 9.53 Å². The second-order valence-corrected chi connectivity index (χ2v) is 6.66. The first-order valence-electron chi connectivity index (χ1n) is 7.52. The van der Waals surface area contributed by atoms with Gasteiger partial charge in [-0.25, -0.2) is 4.98 Å². The lowest BCUT2D eigenvalue weighted by Gasteiger charge is -2.19. The summed E-state index contributed by atoms with van der Waals surface area (Å²) in [6.45, 7) is 4.77. The Morgan fingerprint density at radius 1 is 1.36 bits per heavy atom. The van der Waals surface area contributed by atoms with Crippen molar-refractivity contribution in [2.45, 2.75) is 45.9 Å². The Morgan fingerprint density at radius 3 is 2.73 bits per heavy atom. The number of nitrogens with zero attached hydrogens (tertiary/aromatic N) is 2. The summed E-state index contributed by atoms with van der Waals surface area (Å²) in [5.74, 6) is 0.985. The molecule has 0 radical (unpaired) electrons. The van der Waals surface area contributed by atoms with Crippen LogP contribution in [0.1, 0.15) is 36.0 Å². The van der Waals surface area contributed by atoms with E-state index in [1.165, 1.54) is 5.56 Å². The summed E-state index contributed by atoms with van der Waals surface area (Å²) >= 11 is 1.58. The van der Waals surface area contributed by atoms with Gasteiger partial charge in [0.15, 0.2) is 0 Å². The molecule has 1 aliphatic rings. The minimum Gasteiger partial charge on any atom is -0.486 e. The number of aromatic nitrogens is 1. The topological polar surface area (TPSA) is 42.4 Å². The molecule has 0 spiro atoms. The lowest BCUT2D eigenvalue weighted by molar-refractivity contribution is -0.130. The fraction of sp³-hybridized carbons (Fsp3) is 0.412. The van der Waals surface area contributed by atoms with E-state index in [9.17, 15) is 4.79 Å². The first-order chi connectivity index (χ1) is 10.6. The molecule has 22 heavy (non-hydrogen) atoms. The first-order valence-corrected chi connectivity index (χ1v) is 8.40. The van der Waals surface area contributed by atoms with Gasteiger partial charge in [-0.05, 0) is 31.9 Å². The Balaban J connectivity index is 1.56. The number of aryl methyl sites for hydroxylation is 1. The van der Waals surface area contributed by atoms with E-state index in [-0.39, 0.29) is 5.91 Å². The Bertz CT molecular complexity index is 647. The SMILES string of the molecule is CC(=O)N(Cc1csc(COc2ccc(C)cc2)n1)C1CC1. The van der Waals surface area contributed by atoms with E-state index in [0.717, 1.165) is 29.3 Å². The summed E-state index contributed by atoms with van der Waals surface area (Å²) in [6.07, 6.45) is 2.24. The smallest absolute Gasteiger partial charge is 0.220 e. The molecule has 2 aromatic rings. The quantitative estimate of drug-likeness (QED) is 0.818. The van der Waals surface area contributed by atoms with Crippen LogP contribution in [0.3, 0.4) is 0 Å². The van der Waals surface area contributed by atoms with Crippen molar-refractivity contribution >= 4 is 17.2 Å². The van der Waals surface area contributed by atoms with Gasteiger partial charge in [-0.1, -0.05) is 17.7 Å². The van der Waals surface area contributed by atoms with Gasteiger partial charge in [0, 0.05) is 18.3 Å². The van der Waals surface area contributed by atoms with Gasteiger partial charge in [-0.3, -0.25) is 4.79 Å². The summed E-state index contributed by atoms with van der Waals surface area (Å²) in [6, 6.07) is 8.42. The average Bonchev–Trinajstić information content (AvgIpc) is 3.23. The van der Waals surface area contributed by atoms with Crippen LogP contribution in [0.5, 0.6) is 5.75 Å². The summed E-state index contributed by atoms with van der Waals surface area (Å²) < 4.78 is 5.74. The van der Waals surface area contributed by atoms with Gasteiger partial charge in [-0.2, -0.15) is 0 Å². The van der Waals surface area contributed by atoms with E-state index >= 15 is 0 Å². The van der Waals surface area contributed by atoms with Crippen molar-refractivity contribution in [3.63, 3.8) is 0 Å². The summed E-state index contributed by atoms with van der Waals surface area (Å²) in [7, 11) is 0. The van der Waals surface area contributed by atoms with Gasteiger partial charge in [0.2, 0.25) is 5.91 Å². The van der Waals surface area contributed by atoms with E-state index < -0.39 is 0 Å². The molecule has 0 bridgehead atoms. The second kappa shape index (κ2) is 6.48. The van der Waals surface area contributed by atoms with Gasteiger partial charge in [0.1, 0.15) is 17.4 Å². The Labute approximate surface area is 134 Å². The fourth-order valence-electron chi connectivity index (χ4n) is 2.33. The van der Waals surface area contributed by atoms with Crippen molar-refractivity contribution in [1.82, 2.24) is 9.88 Å². The molecular formula is C17H20N2O2S. The predicted molar refractivity (Wildman–Crippen MR) is 86.9 cm³/mol. The monoisotopic (exact) mass is 316 g/mol. The average molecular weight is 316 g/mol. The summed E-state index contributed by atoms with van der Waals surface area (Å²) in [4.78, 5) is 18.1. The highest BCUT2D eigenvalue weighted by Gasteiger charge is 2.31. The molecule has 0 aliphatic heterocycles. The molecule has 1 aliphatic carbocycles. The van der Waals surface area contributed by atoms with Crippen LogP contribution >= 0.6 is 11.3 Å². The van der Waals surface area contributed by atoms with Crippen molar-refractivity contribution in [2.75, 3.05) is 0 Å². The minimum atomic E-state index is 0.132. The zero-order valence-corrected chi connectivity index (χ0v) is 13.7. The van der Waals surface area contributed by atoms with E-state index in [2.05, 4.69) is 11.9 Å². The zero-order valence-electron chi connectivity index (χ0n) is 12.9. The molecule has 5 heteroatoms. The molecule has 3 rings (SSSR count). The molecule has 1 aromatic heterocycles. The van der Waals surface area contributed by atoms with Crippen molar-refractivity contribution in [2.24, 2.45) is 0 Å². The van der Waals surface area contributed by atoms with Gasteiger partial charge in [0.05, 0.1) is 12.2 Å². The number of benzene rings is 1. The third kappa shape index (κ3) is 3.85. The van der Waals surface area contributed by atoms with Crippen LogP contribution < -0.4 is 4.74 Å². The molecule has 116 valence electrons. The highest BCUT2D eigenvalue weighted by atomic mass is 32.1. The second-order valence-electron chi connectivity index (χ2n) is 5.71. The molecule has 1 amide bonds. The van der Waals surface area contributed by atoms with E-state index in [1.807, 2.05) is 34.5 Å². The third-order valence-corrected chi connectivity index (χ3v) is 4.58. The molecule has 4 nitrogen and oxygen atoms in total. The van der Waals surface area contributed by atoms with Gasteiger partial charge in [-0.15, -0.1) is 11.3 Å². The standard InChI is InChI=1S/C17H20N2O2S/c1-12-3-7-16(8-4-12)21-10-17-18-14(11-22-17)9-19(13(2)20)15-5-6-15/h3-4,7-8,11,15H,5-6,9-10H2,1-2H3. The maximum absolute atomic E-state index is 11.7. The summed E-state index contributed by atoms with van der Waals surface area (Å²) in [5.41, 5.74) is 2.17. The number of amides is 1. The minimum absolute atomic E-state index is 0.132. The first kappa shape index (κ1) is 15.0. The van der Waals surface area contributed by atoms with E-state index in [4.69, 9.17) is 4.74 Å². The molecule has 0 N–H and O–H groups in total. The van der Waals surface area contributed by atoms with Crippen LogP contribution in [0.2, 0.25) is 0 Å². The molecule has 0 atom stereocenters. The Morgan fingerprint density at radius 2 is 2.09 bits per heavy atom. The van der Waals surface area contributed by atoms with Crippen LogP contribution in [-0.2, 0) is 17.9 Å². The number of rotatable bonds is 6. The Kier molecular flexibility index (Phi) is 4.43. The molecule has 1 fully saturated rings. The van der Waals surface area contributed by atoms with Gasteiger partial charge >= 0.3 is 0 Å². The van der Waals surface area contributed by atoms with Crippen LogP contribution in [0.25, 0.3) is 0 Å². The van der Waals surface area contributed by atoms with Crippen molar-refractivity contribution in [3.8, 4) is 5.75 Å².